The number of halogens is 1. The Hall–Kier alpha value is -2.30. The maximum atomic E-state index is 12.4. The first kappa shape index (κ1) is 17.5. The second-order valence-corrected chi connectivity index (χ2v) is 6.47. The third kappa shape index (κ3) is 3.86. The van der Waals surface area contributed by atoms with Gasteiger partial charge in [-0.25, -0.2) is 0 Å². The van der Waals surface area contributed by atoms with E-state index in [0.717, 1.165) is 11.1 Å². The van der Waals surface area contributed by atoms with Crippen LogP contribution >= 0.6 is 11.6 Å². The van der Waals surface area contributed by atoms with Crippen LogP contribution < -0.4 is 4.74 Å². The minimum absolute atomic E-state index is 0.0753. The number of likely N-dealkylation sites (tertiary alicyclic amines) is 1. The van der Waals surface area contributed by atoms with Crippen LogP contribution in [0.25, 0.3) is 0 Å². The summed E-state index contributed by atoms with van der Waals surface area (Å²) in [6.07, 6.45) is 1.66. The number of esters is 1. The molecule has 0 spiro atoms. The first-order chi connectivity index (χ1) is 12.1. The minimum Gasteiger partial charge on any atom is -0.469 e. The van der Waals surface area contributed by atoms with Crippen molar-refractivity contribution in [1.29, 1.82) is 0 Å². The monoisotopic (exact) mass is 357 g/mol. The first-order valence-corrected chi connectivity index (χ1v) is 8.42. The van der Waals surface area contributed by atoms with Crippen LogP contribution in [0.1, 0.15) is 11.6 Å². The van der Waals surface area contributed by atoms with Crippen molar-refractivity contribution >= 4 is 17.6 Å². The van der Waals surface area contributed by atoms with Crippen molar-refractivity contribution < 1.29 is 14.3 Å². The average molecular weight is 358 g/mol. The standard InChI is InChI=1S/C20H20ClNO3/c1-22-12-15(13-25-17-10-8-16(21)9-11-17)18(20(23)24-2)19(22)14-6-4-3-5-7-14/h3-11,13,18-19H,12H2,1-2H3/b15-13+. The molecule has 2 aromatic rings. The van der Waals surface area contributed by atoms with Crippen molar-refractivity contribution in [3.05, 3.63) is 77.0 Å². The molecule has 0 amide bonds. The molecule has 0 saturated carbocycles. The summed E-state index contributed by atoms with van der Waals surface area (Å²) in [4.78, 5) is 14.6. The van der Waals surface area contributed by atoms with Crippen LogP contribution in [0.3, 0.4) is 0 Å². The number of benzene rings is 2. The number of carbonyl (C=O) groups is 1. The Kier molecular flexibility index (Phi) is 5.41. The zero-order chi connectivity index (χ0) is 17.8. The smallest absolute Gasteiger partial charge is 0.314 e. The summed E-state index contributed by atoms with van der Waals surface area (Å²) in [6, 6.07) is 17.0. The molecule has 130 valence electrons. The van der Waals surface area contributed by atoms with Gasteiger partial charge in [-0.3, -0.25) is 9.69 Å². The minimum atomic E-state index is -0.398. The second kappa shape index (κ2) is 7.72. The third-order valence-electron chi connectivity index (χ3n) is 4.38. The molecule has 2 aromatic carbocycles. The molecule has 4 nitrogen and oxygen atoms in total. The van der Waals surface area contributed by atoms with Crippen molar-refractivity contribution in [1.82, 2.24) is 4.90 Å². The van der Waals surface area contributed by atoms with Crippen LogP contribution in [-0.2, 0) is 9.53 Å². The van der Waals surface area contributed by atoms with Crippen molar-refractivity contribution in [2.75, 3.05) is 20.7 Å². The van der Waals surface area contributed by atoms with Gasteiger partial charge in [0.15, 0.2) is 0 Å². The van der Waals surface area contributed by atoms with Gasteiger partial charge in [0.1, 0.15) is 11.7 Å². The maximum absolute atomic E-state index is 12.4. The highest BCUT2D eigenvalue weighted by Crippen LogP contribution is 2.40. The third-order valence-corrected chi connectivity index (χ3v) is 4.63. The molecule has 0 aromatic heterocycles. The maximum Gasteiger partial charge on any atom is 0.314 e. The van der Waals surface area contributed by atoms with E-state index in [1.165, 1.54) is 7.11 Å². The van der Waals surface area contributed by atoms with Gasteiger partial charge in [-0.05, 0) is 42.4 Å². The predicted molar refractivity (Wildman–Crippen MR) is 97.5 cm³/mol. The molecule has 1 saturated heterocycles. The van der Waals surface area contributed by atoms with Crippen LogP contribution in [0.4, 0.5) is 0 Å². The first-order valence-electron chi connectivity index (χ1n) is 8.04. The Balaban J connectivity index is 1.89. The van der Waals surface area contributed by atoms with E-state index in [-0.39, 0.29) is 12.0 Å². The van der Waals surface area contributed by atoms with E-state index in [0.29, 0.717) is 17.3 Å². The lowest BCUT2D eigenvalue weighted by Crippen LogP contribution is -2.26. The SMILES string of the molecule is COC(=O)C1/C(=C/Oc2ccc(Cl)cc2)CN(C)C1c1ccccc1. The van der Waals surface area contributed by atoms with E-state index in [1.54, 1.807) is 30.5 Å². The summed E-state index contributed by atoms with van der Waals surface area (Å²) in [5, 5.41) is 0.650. The van der Waals surface area contributed by atoms with Gasteiger partial charge in [0.05, 0.1) is 19.4 Å². The number of rotatable bonds is 4. The quantitative estimate of drug-likeness (QED) is 0.610. The molecule has 2 atom stereocenters. The molecule has 0 N–H and O–H groups in total. The fourth-order valence-corrected chi connectivity index (χ4v) is 3.34. The van der Waals surface area contributed by atoms with E-state index in [2.05, 4.69) is 4.90 Å². The molecule has 0 radical (unpaired) electrons. The zero-order valence-electron chi connectivity index (χ0n) is 14.2. The van der Waals surface area contributed by atoms with Gasteiger partial charge in [-0.15, -0.1) is 0 Å². The molecular weight excluding hydrogens is 338 g/mol. The van der Waals surface area contributed by atoms with Crippen molar-refractivity contribution in [2.45, 2.75) is 6.04 Å². The number of hydrogen-bond acceptors (Lipinski definition) is 4. The van der Waals surface area contributed by atoms with Gasteiger partial charge in [0.25, 0.3) is 0 Å². The largest absolute Gasteiger partial charge is 0.469 e. The molecule has 25 heavy (non-hydrogen) atoms. The lowest BCUT2D eigenvalue weighted by Gasteiger charge is -2.23. The normalized spacial score (nSPS) is 22.1. The Bertz CT molecular complexity index is 758. The van der Waals surface area contributed by atoms with E-state index in [1.807, 2.05) is 37.4 Å². The molecular formula is C20H20ClNO3. The number of ether oxygens (including phenoxy) is 2. The molecule has 2 unspecified atom stereocenters. The molecule has 1 heterocycles. The molecule has 1 aliphatic heterocycles. The molecule has 5 heteroatoms. The highest BCUT2D eigenvalue weighted by atomic mass is 35.5. The van der Waals surface area contributed by atoms with Crippen LogP contribution in [-0.4, -0.2) is 31.6 Å². The summed E-state index contributed by atoms with van der Waals surface area (Å²) in [7, 11) is 3.41. The number of likely N-dealkylation sites (N-methyl/N-ethyl adjacent to an activating group) is 1. The van der Waals surface area contributed by atoms with Crippen molar-refractivity contribution in [3.63, 3.8) is 0 Å². The fraction of sp³-hybridized carbons (Fsp3) is 0.250. The summed E-state index contributed by atoms with van der Waals surface area (Å²) in [6.45, 7) is 0.632. The summed E-state index contributed by atoms with van der Waals surface area (Å²) in [5.74, 6) is 0.0141. The van der Waals surface area contributed by atoms with E-state index < -0.39 is 5.92 Å². The molecule has 0 bridgehead atoms. The molecule has 1 aliphatic rings. The van der Waals surface area contributed by atoms with Gasteiger partial charge in [0, 0.05) is 11.6 Å². The highest BCUT2D eigenvalue weighted by Gasteiger charge is 2.42. The number of carbonyl (C=O) groups excluding carboxylic acids is 1. The van der Waals surface area contributed by atoms with Gasteiger partial charge in [0.2, 0.25) is 0 Å². The van der Waals surface area contributed by atoms with Gasteiger partial charge in [-0.1, -0.05) is 41.9 Å². The topological polar surface area (TPSA) is 38.8 Å². The number of methoxy groups -OCH3 is 1. The van der Waals surface area contributed by atoms with Crippen LogP contribution in [0.5, 0.6) is 5.75 Å². The van der Waals surface area contributed by atoms with E-state index in [9.17, 15) is 4.79 Å². The summed E-state index contributed by atoms with van der Waals surface area (Å²) in [5.41, 5.74) is 1.97. The Morgan fingerprint density at radius 2 is 1.84 bits per heavy atom. The zero-order valence-corrected chi connectivity index (χ0v) is 14.9. The van der Waals surface area contributed by atoms with Crippen LogP contribution in [0.2, 0.25) is 5.02 Å². The van der Waals surface area contributed by atoms with Gasteiger partial charge < -0.3 is 9.47 Å². The fourth-order valence-electron chi connectivity index (χ4n) is 3.21. The average Bonchev–Trinajstić information content (AvgIpc) is 2.97. The number of hydrogen-bond donors (Lipinski definition) is 0. The lowest BCUT2D eigenvalue weighted by molar-refractivity contribution is -0.145. The van der Waals surface area contributed by atoms with E-state index >= 15 is 0 Å². The van der Waals surface area contributed by atoms with Crippen molar-refractivity contribution in [2.24, 2.45) is 5.92 Å². The Morgan fingerprint density at radius 3 is 2.48 bits per heavy atom. The Morgan fingerprint density at radius 1 is 1.16 bits per heavy atom. The number of nitrogens with zero attached hydrogens (tertiary/aromatic N) is 1. The highest BCUT2D eigenvalue weighted by molar-refractivity contribution is 6.30. The Labute approximate surface area is 152 Å². The van der Waals surface area contributed by atoms with Gasteiger partial charge in [-0.2, -0.15) is 0 Å². The molecule has 3 rings (SSSR count). The van der Waals surface area contributed by atoms with Crippen molar-refractivity contribution in [3.8, 4) is 5.75 Å². The van der Waals surface area contributed by atoms with E-state index in [4.69, 9.17) is 21.1 Å². The van der Waals surface area contributed by atoms with Gasteiger partial charge >= 0.3 is 5.97 Å². The second-order valence-electron chi connectivity index (χ2n) is 6.04. The summed E-state index contributed by atoms with van der Waals surface area (Å²) >= 11 is 5.89. The molecule has 0 aliphatic carbocycles. The predicted octanol–water partition coefficient (Wildman–Crippen LogP) is 4.08. The summed E-state index contributed by atoms with van der Waals surface area (Å²) < 4.78 is 10.8. The molecule has 1 fully saturated rings. The lowest BCUT2D eigenvalue weighted by atomic mass is 9.91. The van der Waals surface area contributed by atoms with Crippen LogP contribution in [0, 0.1) is 5.92 Å². The van der Waals surface area contributed by atoms with Crippen LogP contribution in [0.15, 0.2) is 66.4 Å².